The molecule has 1 aromatic heterocycles. The number of aromatic nitrogens is 1. The third-order valence-electron chi connectivity index (χ3n) is 4.44. The van der Waals surface area contributed by atoms with Gasteiger partial charge in [-0.15, -0.1) is 0 Å². The van der Waals surface area contributed by atoms with Crippen molar-refractivity contribution in [2.75, 3.05) is 0 Å². The maximum atomic E-state index is 12.0. The zero-order valence-electron chi connectivity index (χ0n) is 15.7. The first-order valence-electron chi connectivity index (χ1n) is 8.84. The number of carboxylic acid groups (broad SMARTS) is 1. The Morgan fingerprint density at radius 1 is 1.07 bits per heavy atom. The molecular formula is C22H21N3O3. The molecule has 3 rings (SSSR count). The van der Waals surface area contributed by atoms with Gasteiger partial charge in [-0.2, -0.15) is 5.10 Å². The number of carboxylic acids is 1. The van der Waals surface area contributed by atoms with E-state index in [2.05, 4.69) is 10.5 Å². The van der Waals surface area contributed by atoms with Crippen LogP contribution in [-0.2, 0) is 11.2 Å². The van der Waals surface area contributed by atoms with Gasteiger partial charge in [0.25, 0.3) is 0 Å². The van der Waals surface area contributed by atoms with E-state index in [1.807, 2.05) is 54.8 Å². The lowest BCUT2D eigenvalue weighted by Crippen LogP contribution is -2.19. The van der Waals surface area contributed by atoms with Crippen molar-refractivity contribution in [2.24, 2.45) is 5.10 Å². The minimum Gasteiger partial charge on any atom is -0.478 e. The fourth-order valence-corrected chi connectivity index (χ4v) is 3.06. The van der Waals surface area contributed by atoms with Gasteiger partial charge in [0, 0.05) is 22.6 Å². The minimum absolute atomic E-state index is 0.180. The second-order valence-corrected chi connectivity index (χ2v) is 6.47. The standard InChI is InChI=1S/C22H21N3O3/c1-15-12-19(14-23-24-21(26)13-17-6-4-3-5-7-17)16(2)25(15)20-10-8-18(9-11-20)22(27)28/h3-12,14H,13H2,1-2H3,(H,24,26)(H,27,28). The predicted octanol–water partition coefficient (Wildman–Crippen LogP) is 3.49. The molecule has 0 fully saturated rings. The fraction of sp³-hybridized carbons (Fsp3) is 0.136. The van der Waals surface area contributed by atoms with E-state index >= 15 is 0 Å². The molecule has 3 aromatic rings. The van der Waals surface area contributed by atoms with Gasteiger partial charge in [0.1, 0.15) is 0 Å². The first-order valence-corrected chi connectivity index (χ1v) is 8.84. The van der Waals surface area contributed by atoms with Crippen LogP contribution in [0, 0.1) is 13.8 Å². The third-order valence-corrected chi connectivity index (χ3v) is 4.44. The molecule has 28 heavy (non-hydrogen) atoms. The van der Waals surface area contributed by atoms with E-state index < -0.39 is 5.97 Å². The Kier molecular flexibility index (Phi) is 5.69. The van der Waals surface area contributed by atoms with Crippen molar-refractivity contribution >= 4 is 18.1 Å². The van der Waals surface area contributed by atoms with E-state index in [0.29, 0.717) is 0 Å². The molecule has 0 atom stereocenters. The Balaban J connectivity index is 1.71. The highest BCUT2D eigenvalue weighted by Gasteiger charge is 2.10. The third kappa shape index (κ3) is 4.35. The zero-order valence-corrected chi connectivity index (χ0v) is 15.7. The Bertz CT molecular complexity index is 1020. The molecule has 0 radical (unpaired) electrons. The first-order chi connectivity index (χ1) is 13.5. The number of carbonyl (C=O) groups excluding carboxylic acids is 1. The summed E-state index contributed by atoms with van der Waals surface area (Å²) in [5.74, 6) is -1.13. The Hall–Kier alpha value is -3.67. The molecule has 0 aliphatic rings. The average molecular weight is 375 g/mol. The van der Waals surface area contributed by atoms with Crippen LogP contribution >= 0.6 is 0 Å². The molecule has 0 aliphatic heterocycles. The van der Waals surface area contributed by atoms with Gasteiger partial charge in [-0.25, -0.2) is 10.2 Å². The van der Waals surface area contributed by atoms with E-state index in [-0.39, 0.29) is 17.9 Å². The second-order valence-electron chi connectivity index (χ2n) is 6.47. The summed E-state index contributed by atoms with van der Waals surface area (Å²) in [4.78, 5) is 23.0. The summed E-state index contributed by atoms with van der Waals surface area (Å²) >= 11 is 0. The van der Waals surface area contributed by atoms with Gasteiger partial charge in [-0.05, 0) is 49.7 Å². The van der Waals surface area contributed by atoms with Gasteiger partial charge >= 0.3 is 5.97 Å². The van der Waals surface area contributed by atoms with Crippen molar-refractivity contribution in [3.05, 3.63) is 88.7 Å². The number of rotatable bonds is 6. The van der Waals surface area contributed by atoms with Crippen LogP contribution in [0.5, 0.6) is 0 Å². The molecule has 0 spiro atoms. The van der Waals surface area contributed by atoms with Crippen molar-refractivity contribution in [1.82, 2.24) is 9.99 Å². The Morgan fingerprint density at radius 2 is 1.75 bits per heavy atom. The number of nitrogens with one attached hydrogen (secondary N) is 1. The maximum Gasteiger partial charge on any atom is 0.335 e. The summed E-state index contributed by atoms with van der Waals surface area (Å²) in [6.07, 6.45) is 1.89. The highest BCUT2D eigenvalue weighted by atomic mass is 16.4. The van der Waals surface area contributed by atoms with Crippen LogP contribution in [0.3, 0.4) is 0 Å². The van der Waals surface area contributed by atoms with E-state index in [4.69, 9.17) is 5.11 Å². The first kappa shape index (κ1) is 19.1. The molecule has 0 aliphatic carbocycles. The Labute approximate surface area is 163 Å². The number of hydrazone groups is 1. The lowest BCUT2D eigenvalue weighted by Gasteiger charge is -2.09. The monoisotopic (exact) mass is 375 g/mol. The lowest BCUT2D eigenvalue weighted by atomic mass is 10.1. The van der Waals surface area contributed by atoms with E-state index in [1.54, 1.807) is 30.5 Å². The van der Waals surface area contributed by atoms with Crippen molar-refractivity contribution < 1.29 is 14.7 Å². The summed E-state index contributed by atoms with van der Waals surface area (Å²) < 4.78 is 2.01. The van der Waals surface area contributed by atoms with Crippen LogP contribution in [0.4, 0.5) is 0 Å². The van der Waals surface area contributed by atoms with Crippen LogP contribution in [-0.4, -0.2) is 27.8 Å². The van der Waals surface area contributed by atoms with E-state index in [1.165, 1.54) is 0 Å². The number of benzene rings is 2. The van der Waals surface area contributed by atoms with Crippen LogP contribution in [0.2, 0.25) is 0 Å². The largest absolute Gasteiger partial charge is 0.478 e. The van der Waals surface area contributed by atoms with Crippen LogP contribution < -0.4 is 5.43 Å². The molecule has 0 unspecified atom stereocenters. The van der Waals surface area contributed by atoms with Crippen LogP contribution in [0.1, 0.15) is 32.9 Å². The number of nitrogens with zero attached hydrogens (tertiary/aromatic N) is 2. The SMILES string of the molecule is Cc1cc(C=NNC(=O)Cc2ccccc2)c(C)n1-c1ccc(C(=O)O)cc1. The smallest absolute Gasteiger partial charge is 0.335 e. The number of aromatic carboxylic acids is 1. The second kappa shape index (κ2) is 8.35. The van der Waals surface area contributed by atoms with Gasteiger partial charge in [0.15, 0.2) is 0 Å². The van der Waals surface area contributed by atoms with Crippen LogP contribution in [0.15, 0.2) is 65.8 Å². The summed E-state index contributed by atoms with van der Waals surface area (Å²) in [6.45, 7) is 3.91. The summed E-state index contributed by atoms with van der Waals surface area (Å²) in [7, 11) is 0. The van der Waals surface area contributed by atoms with E-state index in [0.717, 1.165) is 28.2 Å². The summed E-state index contributed by atoms with van der Waals surface area (Å²) in [5.41, 5.74) is 7.40. The number of hydrogen-bond donors (Lipinski definition) is 2. The molecule has 0 saturated carbocycles. The maximum absolute atomic E-state index is 12.0. The van der Waals surface area contributed by atoms with Gasteiger partial charge in [-0.1, -0.05) is 30.3 Å². The molecule has 6 heteroatoms. The highest BCUT2D eigenvalue weighted by molar-refractivity contribution is 5.88. The molecule has 0 saturated heterocycles. The Morgan fingerprint density at radius 3 is 2.39 bits per heavy atom. The predicted molar refractivity (Wildman–Crippen MR) is 108 cm³/mol. The van der Waals surface area contributed by atoms with Gasteiger partial charge in [-0.3, -0.25) is 4.79 Å². The van der Waals surface area contributed by atoms with Crippen LogP contribution in [0.25, 0.3) is 5.69 Å². The fourth-order valence-electron chi connectivity index (χ4n) is 3.06. The quantitative estimate of drug-likeness (QED) is 0.511. The van der Waals surface area contributed by atoms with Crippen molar-refractivity contribution in [1.29, 1.82) is 0 Å². The number of amides is 1. The topological polar surface area (TPSA) is 83.7 Å². The normalized spacial score (nSPS) is 10.9. The van der Waals surface area contributed by atoms with Gasteiger partial charge in [0.2, 0.25) is 5.91 Å². The number of hydrogen-bond acceptors (Lipinski definition) is 3. The molecule has 1 heterocycles. The molecule has 1 amide bonds. The number of aryl methyl sites for hydroxylation is 1. The van der Waals surface area contributed by atoms with Crippen molar-refractivity contribution in [2.45, 2.75) is 20.3 Å². The zero-order chi connectivity index (χ0) is 20.1. The minimum atomic E-state index is -0.952. The van der Waals surface area contributed by atoms with Gasteiger partial charge in [0.05, 0.1) is 18.2 Å². The highest BCUT2D eigenvalue weighted by Crippen LogP contribution is 2.20. The average Bonchev–Trinajstić information content (AvgIpc) is 2.96. The molecular weight excluding hydrogens is 354 g/mol. The summed E-state index contributed by atoms with van der Waals surface area (Å²) in [6, 6.07) is 18.1. The molecule has 2 N–H and O–H groups in total. The summed E-state index contributed by atoms with van der Waals surface area (Å²) in [5, 5.41) is 13.1. The molecule has 142 valence electrons. The van der Waals surface area contributed by atoms with E-state index in [9.17, 15) is 9.59 Å². The lowest BCUT2D eigenvalue weighted by molar-refractivity contribution is -0.120. The molecule has 6 nitrogen and oxygen atoms in total. The molecule has 2 aromatic carbocycles. The van der Waals surface area contributed by atoms with Gasteiger partial charge < -0.3 is 9.67 Å². The number of carbonyl (C=O) groups is 2. The van der Waals surface area contributed by atoms with Crippen molar-refractivity contribution in [3.63, 3.8) is 0 Å². The van der Waals surface area contributed by atoms with Crippen molar-refractivity contribution in [3.8, 4) is 5.69 Å². The molecule has 0 bridgehead atoms.